The molecule has 0 aliphatic rings. The van der Waals surface area contributed by atoms with E-state index in [0.29, 0.717) is 45.9 Å². The molecule has 2 heterocycles. The van der Waals surface area contributed by atoms with Crippen LogP contribution in [0.15, 0.2) is 109 Å². The van der Waals surface area contributed by atoms with Crippen LogP contribution in [0.25, 0.3) is 27.7 Å². The molecular weight excluding hydrogens is 524 g/mol. The van der Waals surface area contributed by atoms with Crippen LogP contribution >= 0.6 is 0 Å². The van der Waals surface area contributed by atoms with E-state index in [9.17, 15) is 8.42 Å². The highest BCUT2D eigenvalue weighted by Crippen LogP contribution is 2.26. The SMILES string of the molecule is CN/C=C(\C=N)c1cnc2ccc(-c3cncc(NS(=O)(=O)c4ccc(OCc5ccccc5)cc4)c3)cc2n1. The van der Waals surface area contributed by atoms with Gasteiger partial charge in [-0.1, -0.05) is 36.4 Å². The van der Waals surface area contributed by atoms with Crippen molar-refractivity contribution >= 4 is 38.5 Å². The Bertz CT molecular complexity index is 1790. The highest BCUT2D eigenvalue weighted by atomic mass is 32.2. The fourth-order valence-corrected chi connectivity index (χ4v) is 5.03. The number of aromatic nitrogens is 3. The lowest BCUT2D eigenvalue weighted by Gasteiger charge is -2.11. The topological polar surface area (TPSA) is 130 Å². The summed E-state index contributed by atoms with van der Waals surface area (Å²) in [6, 6.07) is 23.3. The van der Waals surface area contributed by atoms with Crippen molar-refractivity contribution in [2.75, 3.05) is 11.8 Å². The van der Waals surface area contributed by atoms with Crippen molar-refractivity contribution in [3.05, 3.63) is 115 Å². The first-order valence-electron chi connectivity index (χ1n) is 12.4. The number of hydrogen-bond acceptors (Lipinski definition) is 8. The number of hydrogen-bond donors (Lipinski definition) is 3. The van der Waals surface area contributed by atoms with E-state index in [0.717, 1.165) is 11.1 Å². The minimum absolute atomic E-state index is 0.107. The molecule has 5 rings (SSSR count). The van der Waals surface area contributed by atoms with E-state index in [-0.39, 0.29) is 4.90 Å². The van der Waals surface area contributed by atoms with Gasteiger partial charge in [-0.2, -0.15) is 0 Å². The Morgan fingerprint density at radius 3 is 2.48 bits per heavy atom. The van der Waals surface area contributed by atoms with Crippen LogP contribution in [-0.2, 0) is 16.6 Å². The fourth-order valence-electron chi connectivity index (χ4n) is 4.00. The number of pyridine rings is 1. The maximum absolute atomic E-state index is 13.1. The Morgan fingerprint density at radius 1 is 0.925 bits per heavy atom. The molecule has 0 saturated carbocycles. The summed E-state index contributed by atoms with van der Waals surface area (Å²) in [6.45, 7) is 0.391. The molecule has 0 bridgehead atoms. The van der Waals surface area contributed by atoms with Crippen molar-refractivity contribution in [1.29, 1.82) is 5.41 Å². The van der Waals surface area contributed by atoms with Gasteiger partial charge < -0.3 is 15.5 Å². The average Bonchev–Trinajstić information content (AvgIpc) is 2.99. The smallest absolute Gasteiger partial charge is 0.261 e. The van der Waals surface area contributed by atoms with Gasteiger partial charge in [-0.15, -0.1) is 0 Å². The third-order valence-electron chi connectivity index (χ3n) is 6.00. The molecule has 0 amide bonds. The fraction of sp³-hybridized carbons (Fsp3) is 0.0667. The third-order valence-corrected chi connectivity index (χ3v) is 7.40. The number of ether oxygens (including phenoxy) is 1. The largest absolute Gasteiger partial charge is 0.489 e. The second-order valence-electron chi connectivity index (χ2n) is 8.80. The lowest BCUT2D eigenvalue weighted by atomic mass is 10.1. The highest BCUT2D eigenvalue weighted by molar-refractivity contribution is 7.92. The second-order valence-corrected chi connectivity index (χ2v) is 10.5. The van der Waals surface area contributed by atoms with Gasteiger partial charge in [-0.3, -0.25) is 14.7 Å². The summed E-state index contributed by atoms with van der Waals surface area (Å²) < 4.78 is 34.5. The number of benzene rings is 3. The zero-order chi connectivity index (χ0) is 28.0. The van der Waals surface area contributed by atoms with Crippen LogP contribution in [0.5, 0.6) is 5.75 Å². The second kappa shape index (κ2) is 11.7. The van der Waals surface area contributed by atoms with Crippen LogP contribution in [0.4, 0.5) is 5.69 Å². The predicted octanol–water partition coefficient (Wildman–Crippen LogP) is 5.28. The van der Waals surface area contributed by atoms with Crippen molar-refractivity contribution in [2.45, 2.75) is 11.5 Å². The summed E-state index contributed by atoms with van der Waals surface area (Å²) in [6.07, 6.45) is 7.61. The molecule has 0 aliphatic carbocycles. The summed E-state index contributed by atoms with van der Waals surface area (Å²) >= 11 is 0. The molecule has 0 unspecified atom stereocenters. The van der Waals surface area contributed by atoms with Crippen molar-refractivity contribution in [2.24, 2.45) is 0 Å². The molecule has 2 aromatic heterocycles. The Kier molecular flexibility index (Phi) is 7.79. The van der Waals surface area contributed by atoms with E-state index in [4.69, 9.17) is 10.1 Å². The number of fused-ring (bicyclic) bond motifs is 1. The maximum atomic E-state index is 13.1. The van der Waals surface area contributed by atoms with Gasteiger partial charge in [0.2, 0.25) is 0 Å². The summed E-state index contributed by atoms with van der Waals surface area (Å²) in [4.78, 5) is 13.4. The molecule has 200 valence electrons. The first-order chi connectivity index (χ1) is 19.4. The van der Waals surface area contributed by atoms with E-state index in [1.54, 1.807) is 43.8 Å². The van der Waals surface area contributed by atoms with Crippen LogP contribution in [0, 0.1) is 5.41 Å². The van der Waals surface area contributed by atoms with E-state index in [1.807, 2.05) is 48.5 Å². The summed E-state index contributed by atoms with van der Waals surface area (Å²) in [7, 11) is -2.10. The molecule has 0 saturated heterocycles. The molecule has 0 atom stereocenters. The first kappa shape index (κ1) is 26.5. The molecule has 5 aromatic rings. The van der Waals surface area contributed by atoms with Crippen molar-refractivity contribution < 1.29 is 13.2 Å². The standard InChI is InChI=1S/C30H26N6O3S/c1-32-16-24(15-31)30-19-34-28-12-7-22(14-29(28)35-30)23-13-25(18-33-17-23)36-40(37,38)27-10-8-26(9-11-27)39-20-21-5-3-2-4-6-21/h2-19,31-32,36H,20H2,1H3/b24-16+,31-15?. The van der Waals surface area contributed by atoms with Crippen LogP contribution < -0.4 is 14.8 Å². The molecule has 3 N–H and O–H groups in total. The van der Waals surface area contributed by atoms with Crippen LogP contribution in [0.3, 0.4) is 0 Å². The Labute approximate surface area is 232 Å². The zero-order valence-electron chi connectivity index (χ0n) is 21.6. The number of nitrogens with one attached hydrogen (secondary N) is 3. The molecule has 10 heteroatoms. The van der Waals surface area contributed by atoms with Crippen molar-refractivity contribution in [3.63, 3.8) is 0 Å². The van der Waals surface area contributed by atoms with Gasteiger partial charge in [0.25, 0.3) is 10.0 Å². The summed E-state index contributed by atoms with van der Waals surface area (Å²) in [5.74, 6) is 0.572. The number of sulfonamides is 1. The molecule has 40 heavy (non-hydrogen) atoms. The maximum Gasteiger partial charge on any atom is 0.261 e. The van der Waals surface area contributed by atoms with E-state index >= 15 is 0 Å². The Morgan fingerprint density at radius 2 is 1.73 bits per heavy atom. The summed E-state index contributed by atoms with van der Waals surface area (Å²) in [5.41, 5.74) is 5.33. The highest BCUT2D eigenvalue weighted by Gasteiger charge is 2.15. The first-order valence-corrected chi connectivity index (χ1v) is 13.8. The molecular formula is C30H26N6O3S. The molecule has 0 radical (unpaired) electrons. The van der Waals surface area contributed by atoms with Gasteiger partial charge in [0.15, 0.2) is 0 Å². The molecule has 9 nitrogen and oxygen atoms in total. The molecule has 0 spiro atoms. The van der Waals surface area contributed by atoms with Gasteiger partial charge in [-0.25, -0.2) is 13.4 Å². The Hall–Kier alpha value is -5.09. The predicted molar refractivity (Wildman–Crippen MR) is 157 cm³/mol. The lowest BCUT2D eigenvalue weighted by Crippen LogP contribution is -2.13. The number of nitrogens with zero attached hydrogens (tertiary/aromatic N) is 3. The van der Waals surface area contributed by atoms with Crippen molar-refractivity contribution in [3.8, 4) is 16.9 Å². The quantitative estimate of drug-likeness (QED) is 0.202. The van der Waals surface area contributed by atoms with E-state index < -0.39 is 10.0 Å². The molecule has 0 fully saturated rings. The van der Waals surface area contributed by atoms with Gasteiger partial charge >= 0.3 is 0 Å². The van der Waals surface area contributed by atoms with Gasteiger partial charge in [0, 0.05) is 36.8 Å². The minimum atomic E-state index is -3.86. The van der Waals surface area contributed by atoms with E-state index in [1.165, 1.54) is 24.5 Å². The van der Waals surface area contributed by atoms with Gasteiger partial charge in [0.1, 0.15) is 12.4 Å². The number of allylic oxidation sites excluding steroid dienone is 1. The van der Waals surface area contributed by atoms with Crippen LogP contribution in [0.1, 0.15) is 11.3 Å². The minimum Gasteiger partial charge on any atom is -0.489 e. The van der Waals surface area contributed by atoms with Crippen molar-refractivity contribution in [1.82, 2.24) is 20.3 Å². The van der Waals surface area contributed by atoms with Crippen LogP contribution in [0.2, 0.25) is 0 Å². The Balaban J connectivity index is 1.33. The number of anilines is 1. The van der Waals surface area contributed by atoms with Gasteiger partial charge in [0.05, 0.1) is 39.7 Å². The molecule has 0 aliphatic heterocycles. The average molecular weight is 551 g/mol. The van der Waals surface area contributed by atoms with E-state index in [2.05, 4.69) is 25.0 Å². The normalized spacial score (nSPS) is 11.7. The van der Waals surface area contributed by atoms with Crippen LogP contribution in [-0.4, -0.2) is 36.6 Å². The number of rotatable bonds is 10. The third kappa shape index (κ3) is 6.13. The monoisotopic (exact) mass is 550 g/mol. The lowest BCUT2D eigenvalue weighted by molar-refractivity contribution is 0.306. The summed E-state index contributed by atoms with van der Waals surface area (Å²) in [5, 5.41) is 10.5. The molecule has 3 aromatic carbocycles. The van der Waals surface area contributed by atoms with Gasteiger partial charge in [-0.05, 0) is 53.6 Å². The zero-order valence-corrected chi connectivity index (χ0v) is 22.4.